The van der Waals surface area contributed by atoms with Crippen molar-refractivity contribution in [1.82, 2.24) is 0 Å². The van der Waals surface area contributed by atoms with Gasteiger partial charge in [-0.25, -0.2) is 12.1 Å². The molecule has 0 bridgehead atoms. The third kappa shape index (κ3) is 25.1. The van der Waals surface area contributed by atoms with Crippen molar-refractivity contribution in [3.05, 3.63) is 67.5 Å². The first kappa shape index (κ1) is 42.1. The first-order chi connectivity index (χ1) is 2.50. The number of hydrogen-bond donors (Lipinski definition) is 0. The van der Waals surface area contributed by atoms with E-state index in [0.717, 1.165) is 0 Å². The molecular formula is C10H20Y-6. The molecule has 0 aliphatic heterocycles. The molecule has 0 saturated heterocycles. The zero-order chi connectivity index (χ0) is 3.54. The molecule has 0 aromatic heterocycles. The van der Waals surface area contributed by atoms with Crippen LogP contribution in [0.2, 0.25) is 0 Å². The van der Waals surface area contributed by atoms with Crippen LogP contribution in [0.3, 0.4) is 0 Å². The topological polar surface area (TPSA) is 0 Å². The molecule has 0 amide bonds. The van der Waals surface area contributed by atoms with Crippen LogP contribution in [0.25, 0.3) is 0 Å². The summed E-state index contributed by atoms with van der Waals surface area (Å²) in [6, 6.07) is 10.0. The molecule has 11 heavy (non-hydrogen) atoms. The van der Waals surface area contributed by atoms with Gasteiger partial charge in [-0.3, -0.25) is 0 Å². The average Bonchev–Trinajstić information content (AvgIpc) is 1.76. The van der Waals surface area contributed by atoms with Gasteiger partial charge in [-0.15, -0.1) is 0 Å². The van der Waals surface area contributed by atoms with Crippen molar-refractivity contribution in [1.29, 1.82) is 0 Å². The molecule has 1 rings (SSSR count). The van der Waals surface area contributed by atoms with E-state index in [0.29, 0.717) is 0 Å². The number of hydrogen-bond acceptors (Lipinski definition) is 0. The zero-order valence-electron chi connectivity index (χ0n) is 8.46. The molecule has 69 valence electrons. The molecular weight excluding hydrogens is 209 g/mol. The Labute approximate surface area is 99.7 Å². The van der Waals surface area contributed by atoms with Crippen LogP contribution in [0.5, 0.6) is 0 Å². The monoisotopic (exact) mass is 229 g/mol. The summed E-state index contributed by atoms with van der Waals surface area (Å²) >= 11 is 0. The molecule has 1 heteroatoms. The van der Waals surface area contributed by atoms with Crippen LogP contribution in [0.4, 0.5) is 0 Å². The standard InChI is InChI=1S/C5H5.5CH3.Y/c1-2-4-5-3-1;;;;;;/h1-5H;5*1H3;/q6*-1;. The Morgan fingerprint density at radius 3 is 1.00 bits per heavy atom. The van der Waals surface area contributed by atoms with E-state index < -0.39 is 0 Å². The molecule has 1 aromatic carbocycles. The van der Waals surface area contributed by atoms with Crippen molar-refractivity contribution < 1.29 is 32.7 Å². The second-order valence-electron chi connectivity index (χ2n) is 0.962. The summed E-state index contributed by atoms with van der Waals surface area (Å²) in [5.74, 6) is 0. The second kappa shape index (κ2) is 31.4. The van der Waals surface area contributed by atoms with Gasteiger partial charge in [0, 0.05) is 32.7 Å². The summed E-state index contributed by atoms with van der Waals surface area (Å²) in [5, 5.41) is 0. The van der Waals surface area contributed by atoms with Crippen molar-refractivity contribution in [2.75, 3.05) is 0 Å². The summed E-state index contributed by atoms with van der Waals surface area (Å²) in [5.41, 5.74) is 0. The van der Waals surface area contributed by atoms with E-state index in [4.69, 9.17) is 0 Å². The quantitative estimate of drug-likeness (QED) is 0.595. The van der Waals surface area contributed by atoms with Crippen molar-refractivity contribution in [2.45, 2.75) is 0 Å². The molecule has 0 aliphatic rings. The van der Waals surface area contributed by atoms with Gasteiger partial charge in [0.1, 0.15) is 0 Å². The maximum Gasteiger partial charge on any atom is 0 e. The van der Waals surface area contributed by atoms with Crippen LogP contribution in [-0.4, -0.2) is 0 Å². The second-order valence-corrected chi connectivity index (χ2v) is 0.962. The van der Waals surface area contributed by atoms with E-state index in [1.54, 1.807) is 0 Å². The maximum absolute atomic E-state index is 2.00. The zero-order valence-corrected chi connectivity index (χ0v) is 11.3. The maximum atomic E-state index is 2.00. The van der Waals surface area contributed by atoms with Crippen LogP contribution in [0, 0.1) is 37.1 Å². The Balaban J connectivity index is -0.0000000104. The van der Waals surface area contributed by atoms with Crippen LogP contribution < -0.4 is 0 Å². The molecule has 1 radical (unpaired) electrons. The van der Waals surface area contributed by atoms with Gasteiger partial charge < -0.3 is 37.1 Å². The summed E-state index contributed by atoms with van der Waals surface area (Å²) in [6.07, 6.45) is 0. The molecule has 0 heterocycles. The summed E-state index contributed by atoms with van der Waals surface area (Å²) in [4.78, 5) is 0. The van der Waals surface area contributed by atoms with Crippen LogP contribution in [0.1, 0.15) is 0 Å². The Kier molecular flexibility index (Phi) is 120. The van der Waals surface area contributed by atoms with Gasteiger partial charge in [-0.05, 0) is 0 Å². The molecule has 1 aromatic rings. The van der Waals surface area contributed by atoms with E-state index in [1.165, 1.54) is 0 Å². The smallest absolute Gasteiger partial charge is 0 e. The van der Waals surface area contributed by atoms with Gasteiger partial charge in [0.15, 0.2) is 0 Å². The third-order valence-corrected chi connectivity index (χ3v) is 0.556. The Morgan fingerprint density at radius 1 is 0.636 bits per heavy atom. The first-order valence-electron chi connectivity index (χ1n) is 1.67. The minimum absolute atomic E-state index is 0. The predicted octanol–water partition coefficient (Wildman–Crippen LogP) is 3.65. The van der Waals surface area contributed by atoms with Gasteiger partial charge in [0.05, 0.1) is 0 Å². The van der Waals surface area contributed by atoms with E-state index in [-0.39, 0.29) is 69.8 Å². The van der Waals surface area contributed by atoms with E-state index in [9.17, 15) is 0 Å². The first-order valence-corrected chi connectivity index (χ1v) is 1.67. The molecule has 0 nitrogen and oxygen atoms in total. The Hall–Kier alpha value is 0.454. The molecule has 0 spiro atoms. The molecule has 0 unspecified atom stereocenters. The van der Waals surface area contributed by atoms with Gasteiger partial charge in [0.2, 0.25) is 0 Å². The van der Waals surface area contributed by atoms with Crippen LogP contribution in [0.15, 0.2) is 30.3 Å². The van der Waals surface area contributed by atoms with Crippen molar-refractivity contribution in [3.8, 4) is 0 Å². The van der Waals surface area contributed by atoms with E-state index in [1.807, 2.05) is 30.3 Å². The Bertz CT molecular complexity index is 61.3. The molecule has 0 aliphatic carbocycles. The molecule has 0 N–H and O–H groups in total. The molecule has 0 atom stereocenters. The van der Waals surface area contributed by atoms with Gasteiger partial charge >= 0.3 is 0 Å². The van der Waals surface area contributed by atoms with Crippen molar-refractivity contribution in [3.63, 3.8) is 0 Å². The predicted molar refractivity (Wildman–Crippen MR) is 54.1 cm³/mol. The van der Waals surface area contributed by atoms with Crippen LogP contribution in [-0.2, 0) is 32.7 Å². The summed E-state index contributed by atoms with van der Waals surface area (Å²) in [6.45, 7) is 0. The minimum atomic E-state index is 0. The minimum Gasteiger partial charge on any atom is -0.358 e. The van der Waals surface area contributed by atoms with E-state index in [2.05, 4.69) is 0 Å². The van der Waals surface area contributed by atoms with E-state index >= 15 is 0 Å². The third-order valence-electron chi connectivity index (χ3n) is 0.556. The normalized spacial score (nSPS) is 3.64. The molecule has 0 fully saturated rings. The van der Waals surface area contributed by atoms with Gasteiger partial charge in [-0.1, -0.05) is 0 Å². The largest absolute Gasteiger partial charge is 0.358 e. The van der Waals surface area contributed by atoms with Crippen LogP contribution >= 0.6 is 0 Å². The van der Waals surface area contributed by atoms with Gasteiger partial charge in [0.25, 0.3) is 0 Å². The van der Waals surface area contributed by atoms with Crippen molar-refractivity contribution in [2.24, 2.45) is 0 Å². The Morgan fingerprint density at radius 2 is 0.909 bits per heavy atom. The van der Waals surface area contributed by atoms with Crippen molar-refractivity contribution >= 4 is 0 Å². The fourth-order valence-electron chi connectivity index (χ4n) is 0.321. The summed E-state index contributed by atoms with van der Waals surface area (Å²) in [7, 11) is 0. The van der Waals surface area contributed by atoms with Gasteiger partial charge in [-0.2, -0.15) is 18.2 Å². The average molecular weight is 229 g/mol. The summed E-state index contributed by atoms with van der Waals surface area (Å²) < 4.78 is 0. The number of rotatable bonds is 0. The fourth-order valence-corrected chi connectivity index (χ4v) is 0.321. The molecule has 0 saturated carbocycles. The fraction of sp³-hybridized carbons (Fsp3) is 0. The SMILES string of the molecule is [CH3-].[CH3-].[CH3-].[CH3-].[CH3-].[Y].c1cc[cH-]c1.